The predicted octanol–water partition coefficient (Wildman–Crippen LogP) is 2.29. The molecule has 1 aromatic carbocycles. The Morgan fingerprint density at radius 3 is 2.55 bits per heavy atom. The van der Waals surface area contributed by atoms with Crippen LogP contribution < -0.4 is 16.0 Å². The molecule has 0 aliphatic carbocycles. The fourth-order valence-corrected chi connectivity index (χ4v) is 3.56. The summed E-state index contributed by atoms with van der Waals surface area (Å²) in [6.45, 7) is 3.49. The van der Waals surface area contributed by atoms with E-state index >= 15 is 0 Å². The zero-order chi connectivity index (χ0) is 20.3. The smallest absolute Gasteiger partial charge is 0.239 e. The maximum atomic E-state index is 12.1. The number of carbonyl (C=O) groups is 1. The summed E-state index contributed by atoms with van der Waals surface area (Å²) in [5.74, 6) is 1.49. The standard InChI is InChI=1S/C22H31N5O2/c1-23-22(26-17-21(28)24-15-18-9-4-2-5-10-18)25-16-19(20-11-8-14-29-20)27-12-6-3-7-13-27/h2,4-5,8-11,14,19H,3,6-7,12-13,15-17H2,1H3,(H,24,28)(H2,23,25,26). The van der Waals surface area contributed by atoms with Crippen LogP contribution in [0.3, 0.4) is 0 Å². The van der Waals surface area contributed by atoms with Crippen molar-refractivity contribution in [2.24, 2.45) is 4.99 Å². The molecule has 0 bridgehead atoms. The van der Waals surface area contributed by atoms with E-state index in [-0.39, 0.29) is 18.5 Å². The maximum Gasteiger partial charge on any atom is 0.239 e. The lowest BCUT2D eigenvalue weighted by Gasteiger charge is -2.33. The van der Waals surface area contributed by atoms with Gasteiger partial charge in [-0.1, -0.05) is 36.8 Å². The van der Waals surface area contributed by atoms with Crippen LogP contribution in [0.4, 0.5) is 0 Å². The third kappa shape index (κ3) is 6.64. The first kappa shape index (κ1) is 20.9. The third-order valence-corrected chi connectivity index (χ3v) is 5.14. The number of hydrogen-bond donors (Lipinski definition) is 3. The summed E-state index contributed by atoms with van der Waals surface area (Å²) in [5, 5.41) is 9.34. The third-order valence-electron chi connectivity index (χ3n) is 5.14. The molecule has 1 aliphatic heterocycles. The second-order valence-electron chi connectivity index (χ2n) is 7.20. The second-order valence-corrected chi connectivity index (χ2v) is 7.20. The highest BCUT2D eigenvalue weighted by atomic mass is 16.3. The number of rotatable bonds is 8. The van der Waals surface area contributed by atoms with Crippen molar-refractivity contribution < 1.29 is 9.21 Å². The molecule has 3 N–H and O–H groups in total. The molecule has 1 aromatic heterocycles. The Hall–Kier alpha value is -2.80. The monoisotopic (exact) mass is 397 g/mol. The SMILES string of the molecule is CN=C(NCC(=O)NCc1ccccc1)NCC(c1ccco1)N1CCCCC1. The van der Waals surface area contributed by atoms with Crippen LogP contribution in [0, 0.1) is 0 Å². The predicted molar refractivity (Wildman–Crippen MR) is 115 cm³/mol. The van der Waals surface area contributed by atoms with Crippen LogP contribution in [0.1, 0.15) is 36.6 Å². The number of benzene rings is 1. The van der Waals surface area contributed by atoms with Gasteiger partial charge in [-0.05, 0) is 43.6 Å². The molecule has 0 radical (unpaired) electrons. The van der Waals surface area contributed by atoms with Crippen LogP contribution >= 0.6 is 0 Å². The van der Waals surface area contributed by atoms with E-state index in [1.165, 1.54) is 19.3 Å². The number of nitrogens with zero attached hydrogens (tertiary/aromatic N) is 2. The van der Waals surface area contributed by atoms with Crippen molar-refractivity contribution in [3.05, 3.63) is 60.1 Å². The zero-order valence-electron chi connectivity index (χ0n) is 17.1. The molecule has 1 saturated heterocycles. The molecule has 0 spiro atoms. The van der Waals surface area contributed by atoms with E-state index in [9.17, 15) is 4.79 Å². The number of piperidine rings is 1. The van der Waals surface area contributed by atoms with Crippen molar-refractivity contribution >= 4 is 11.9 Å². The minimum absolute atomic E-state index is 0.0737. The molecule has 1 fully saturated rings. The quantitative estimate of drug-likeness (QED) is 0.470. The Morgan fingerprint density at radius 2 is 1.86 bits per heavy atom. The number of furan rings is 1. The average molecular weight is 398 g/mol. The minimum atomic E-state index is -0.0737. The van der Waals surface area contributed by atoms with E-state index in [4.69, 9.17) is 4.42 Å². The fourth-order valence-electron chi connectivity index (χ4n) is 3.56. The van der Waals surface area contributed by atoms with Gasteiger partial charge in [-0.2, -0.15) is 0 Å². The van der Waals surface area contributed by atoms with Gasteiger partial charge < -0.3 is 20.4 Å². The highest BCUT2D eigenvalue weighted by Crippen LogP contribution is 2.24. The highest BCUT2D eigenvalue weighted by molar-refractivity contribution is 5.86. The first-order chi connectivity index (χ1) is 14.3. The first-order valence-electron chi connectivity index (χ1n) is 10.3. The summed E-state index contributed by atoms with van der Waals surface area (Å²) < 4.78 is 5.68. The summed E-state index contributed by atoms with van der Waals surface area (Å²) >= 11 is 0. The van der Waals surface area contributed by atoms with E-state index in [1.807, 2.05) is 42.5 Å². The highest BCUT2D eigenvalue weighted by Gasteiger charge is 2.24. The van der Waals surface area contributed by atoms with Crippen LogP contribution in [0.2, 0.25) is 0 Å². The molecule has 1 aliphatic rings. The van der Waals surface area contributed by atoms with Crippen molar-refractivity contribution in [2.75, 3.05) is 33.2 Å². The normalized spacial score (nSPS) is 16.2. The minimum Gasteiger partial charge on any atom is -0.468 e. The van der Waals surface area contributed by atoms with Gasteiger partial charge in [-0.25, -0.2) is 0 Å². The van der Waals surface area contributed by atoms with Crippen molar-refractivity contribution in [3.8, 4) is 0 Å². The molecule has 1 unspecified atom stereocenters. The van der Waals surface area contributed by atoms with Crippen LogP contribution in [0.25, 0.3) is 0 Å². The van der Waals surface area contributed by atoms with Crippen molar-refractivity contribution in [2.45, 2.75) is 31.8 Å². The molecule has 3 rings (SSSR count). The summed E-state index contributed by atoms with van der Waals surface area (Å²) in [4.78, 5) is 18.8. The molecule has 7 heteroatoms. The lowest BCUT2D eigenvalue weighted by Crippen LogP contribution is -2.46. The zero-order valence-corrected chi connectivity index (χ0v) is 17.1. The van der Waals surface area contributed by atoms with E-state index < -0.39 is 0 Å². The van der Waals surface area contributed by atoms with Gasteiger partial charge in [-0.15, -0.1) is 0 Å². The van der Waals surface area contributed by atoms with Gasteiger partial charge in [0.15, 0.2) is 5.96 Å². The largest absolute Gasteiger partial charge is 0.468 e. The number of carbonyl (C=O) groups excluding carboxylic acids is 1. The summed E-state index contributed by atoms with van der Waals surface area (Å²) in [6.07, 6.45) is 5.43. The van der Waals surface area contributed by atoms with Crippen molar-refractivity contribution in [1.82, 2.24) is 20.9 Å². The Bertz CT molecular complexity index is 755. The average Bonchev–Trinajstić information content (AvgIpc) is 3.30. The number of hydrogen-bond acceptors (Lipinski definition) is 4. The number of aliphatic imine (C=N–C) groups is 1. The molecule has 2 aromatic rings. The van der Waals surface area contributed by atoms with Crippen molar-refractivity contribution in [3.63, 3.8) is 0 Å². The van der Waals surface area contributed by atoms with Gasteiger partial charge in [0.05, 0.1) is 18.8 Å². The van der Waals surface area contributed by atoms with E-state index in [2.05, 4.69) is 25.8 Å². The van der Waals surface area contributed by atoms with Crippen LogP contribution in [-0.4, -0.2) is 50.0 Å². The Kier molecular flexibility index (Phi) is 8.12. The Balaban J connectivity index is 1.46. The summed E-state index contributed by atoms with van der Waals surface area (Å²) in [7, 11) is 1.71. The molecular formula is C22H31N5O2. The maximum absolute atomic E-state index is 12.1. The van der Waals surface area contributed by atoms with Gasteiger partial charge in [0.25, 0.3) is 0 Å². The summed E-state index contributed by atoms with van der Waals surface area (Å²) in [5.41, 5.74) is 1.08. The molecule has 156 valence electrons. The van der Waals surface area contributed by atoms with Gasteiger partial charge in [0.2, 0.25) is 5.91 Å². The van der Waals surface area contributed by atoms with Gasteiger partial charge in [-0.3, -0.25) is 14.7 Å². The molecule has 1 amide bonds. The van der Waals surface area contributed by atoms with Crippen molar-refractivity contribution in [1.29, 1.82) is 0 Å². The molecular weight excluding hydrogens is 366 g/mol. The molecule has 1 atom stereocenters. The number of nitrogens with one attached hydrogen (secondary N) is 3. The van der Waals surface area contributed by atoms with E-state index in [1.54, 1.807) is 13.3 Å². The van der Waals surface area contributed by atoms with E-state index in [0.717, 1.165) is 24.4 Å². The molecule has 0 saturated carbocycles. The molecule has 7 nitrogen and oxygen atoms in total. The fraction of sp³-hybridized carbons (Fsp3) is 0.455. The van der Waals surface area contributed by atoms with Crippen LogP contribution in [0.15, 0.2) is 58.1 Å². The topological polar surface area (TPSA) is 81.9 Å². The number of likely N-dealkylation sites (tertiary alicyclic amines) is 1. The van der Waals surface area contributed by atoms with Crippen LogP contribution in [0.5, 0.6) is 0 Å². The molecule has 29 heavy (non-hydrogen) atoms. The van der Waals surface area contributed by atoms with Gasteiger partial charge in [0, 0.05) is 20.1 Å². The lowest BCUT2D eigenvalue weighted by atomic mass is 10.1. The first-order valence-corrected chi connectivity index (χ1v) is 10.3. The van der Waals surface area contributed by atoms with Crippen LogP contribution in [-0.2, 0) is 11.3 Å². The Labute approximate surface area is 172 Å². The molecule has 2 heterocycles. The lowest BCUT2D eigenvalue weighted by molar-refractivity contribution is -0.120. The van der Waals surface area contributed by atoms with Gasteiger partial charge >= 0.3 is 0 Å². The summed E-state index contributed by atoms with van der Waals surface area (Å²) in [6, 6.07) is 14.0. The number of guanidine groups is 1. The van der Waals surface area contributed by atoms with E-state index in [0.29, 0.717) is 19.0 Å². The Morgan fingerprint density at radius 1 is 1.07 bits per heavy atom. The second kappa shape index (κ2) is 11.3. The van der Waals surface area contributed by atoms with Gasteiger partial charge in [0.1, 0.15) is 5.76 Å². The number of amides is 1.